The highest BCUT2D eigenvalue weighted by Gasteiger charge is 2.32. The lowest BCUT2D eigenvalue weighted by Crippen LogP contribution is -2.43. The number of nitrogens with zero attached hydrogens (tertiary/aromatic N) is 2. The van der Waals surface area contributed by atoms with Gasteiger partial charge < -0.3 is 15.4 Å². The first kappa shape index (κ1) is 25.2. The quantitative estimate of drug-likeness (QED) is 0.597. The van der Waals surface area contributed by atoms with Crippen LogP contribution in [-0.2, 0) is 9.59 Å². The van der Waals surface area contributed by atoms with E-state index in [0.717, 1.165) is 44.2 Å². The summed E-state index contributed by atoms with van der Waals surface area (Å²) < 4.78 is 13.5. The molecule has 172 valence electrons. The maximum atomic E-state index is 13.5. The SMILES string of the molecule is CC[C@@H](c1cccc(F)c1)N1CCCC(CCCC(C)=O)C1=O.Nc1ncccc1C=O. The van der Waals surface area contributed by atoms with Gasteiger partial charge in [0.15, 0.2) is 6.29 Å². The van der Waals surface area contributed by atoms with Crippen LogP contribution in [-0.4, -0.2) is 34.4 Å². The number of Topliss-reactive ketones (excluding diaryl/α,β-unsaturated/α-hetero) is 1. The number of amides is 1. The predicted octanol–water partition coefficient (Wildman–Crippen LogP) is 4.75. The predicted molar refractivity (Wildman–Crippen MR) is 122 cm³/mol. The minimum Gasteiger partial charge on any atom is -0.383 e. The lowest BCUT2D eigenvalue weighted by Gasteiger charge is -2.38. The van der Waals surface area contributed by atoms with Gasteiger partial charge in [0.25, 0.3) is 0 Å². The number of ketones is 1. The number of carbonyl (C=O) groups is 3. The van der Waals surface area contributed by atoms with Crippen molar-refractivity contribution in [2.45, 2.75) is 58.4 Å². The molecular weight excluding hydrogens is 409 g/mol. The first-order valence-corrected chi connectivity index (χ1v) is 11.1. The number of benzene rings is 1. The average Bonchev–Trinajstić information content (AvgIpc) is 2.77. The molecule has 1 fully saturated rings. The summed E-state index contributed by atoms with van der Waals surface area (Å²) in [6.45, 7) is 4.35. The summed E-state index contributed by atoms with van der Waals surface area (Å²) in [5, 5.41) is 0. The molecule has 1 aliphatic heterocycles. The van der Waals surface area contributed by atoms with Crippen molar-refractivity contribution < 1.29 is 18.8 Å². The van der Waals surface area contributed by atoms with Crippen molar-refractivity contribution in [3.63, 3.8) is 0 Å². The number of rotatable bonds is 8. The molecule has 0 bridgehead atoms. The maximum Gasteiger partial charge on any atom is 0.226 e. The van der Waals surface area contributed by atoms with Crippen LogP contribution < -0.4 is 5.73 Å². The van der Waals surface area contributed by atoms with Crippen LogP contribution in [0.25, 0.3) is 0 Å². The van der Waals surface area contributed by atoms with Gasteiger partial charge in [-0.05, 0) is 68.9 Å². The first-order valence-electron chi connectivity index (χ1n) is 11.1. The maximum absolute atomic E-state index is 13.5. The second-order valence-electron chi connectivity index (χ2n) is 8.04. The van der Waals surface area contributed by atoms with Gasteiger partial charge in [-0.15, -0.1) is 0 Å². The van der Waals surface area contributed by atoms with E-state index in [2.05, 4.69) is 4.98 Å². The molecule has 7 heteroatoms. The fourth-order valence-corrected chi connectivity index (χ4v) is 4.03. The highest BCUT2D eigenvalue weighted by molar-refractivity contribution is 5.81. The van der Waals surface area contributed by atoms with Crippen LogP contribution in [0.2, 0.25) is 0 Å². The number of piperidine rings is 1. The molecule has 0 radical (unpaired) electrons. The number of aldehydes is 1. The molecule has 1 unspecified atom stereocenters. The molecule has 2 atom stereocenters. The molecular formula is C25H32FN3O3. The Kier molecular flexibility index (Phi) is 9.98. The van der Waals surface area contributed by atoms with Gasteiger partial charge in [0.1, 0.15) is 17.4 Å². The van der Waals surface area contributed by atoms with Crippen LogP contribution >= 0.6 is 0 Å². The summed E-state index contributed by atoms with van der Waals surface area (Å²) in [5.41, 5.74) is 6.60. The van der Waals surface area contributed by atoms with Crippen LogP contribution in [0.1, 0.15) is 74.3 Å². The van der Waals surface area contributed by atoms with Gasteiger partial charge in [-0.1, -0.05) is 19.1 Å². The lowest BCUT2D eigenvalue weighted by atomic mass is 9.89. The zero-order valence-corrected chi connectivity index (χ0v) is 18.8. The molecule has 0 saturated carbocycles. The van der Waals surface area contributed by atoms with Crippen molar-refractivity contribution in [2.24, 2.45) is 5.92 Å². The highest BCUT2D eigenvalue weighted by Crippen LogP contribution is 2.32. The van der Waals surface area contributed by atoms with Gasteiger partial charge in [-0.3, -0.25) is 9.59 Å². The molecule has 2 heterocycles. The summed E-state index contributed by atoms with van der Waals surface area (Å²) in [6.07, 6.45) is 6.96. The van der Waals surface area contributed by atoms with Crippen molar-refractivity contribution in [3.8, 4) is 0 Å². The van der Waals surface area contributed by atoms with E-state index in [1.807, 2.05) is 17.9 Å². The summed E-state index contributed by atoms with van der Waals surface area (Å²) in [5.74, 6) is 0.369. The molecule has 3 rings (SSSR count). The van der Waals surface area contributed by atoms with Gasteiger partial charge in [0.05, 0.1) is 11.6 Å². The monoisotopic (exact) mass is 441 g/mol. The van der Waals surface area contributed by atoms with Gasteiger partial charge >= 0.3 is 0 Å². The number of hydrogen-bond acceptors (Lipinski definition) is 5. The molecule has 6 nitrogen and oxygen atoms in total. The van der Waals surface area contributed by atoms with Gasteiger partial charge in [0.2, 0.25) is 5.91 Å². The number of aromatic nitrogens is 1. The fourth-order valence-electron chi connectivity index (χ4n) is 4.03. The molecule has 2 aromatic rings. The van der Waals surface area contributed by atoms with Crippen molar-refractivity contribution in [2.75, 3.05) is 12.3 Å². The van der Waals surface area contributed by atoms with Crippen LogP contribution in [0, 0.1) is 11.7 Å². The number of nitrogens with two attached hydrogens (primary N) is 1. The number of hydrogen-bond donors (Lipinski definition) is 1. The standard InChI is InChI=1S/C19H26FNO2.C6H6N2O/c1-3-18(16-9-5-11-17(20)13-16)21-12-6-10-15(19(21)23)8-4-7-14(2)22;7-6-5(4-9)2-1-3-8-6/h5,9,11,13,15,18H,3-4,6-8,10,12H2,1-2H3;1-4H,(H2,7,8)/t15?,18-;/m0./s1. The Balaban J connectivity index is 0.000000336. The number of pyridine rings is 1. The second-order valence-corrected chi connectivity index (χ2v) is 8.04. The van der Waals surface area contributed by atoms with E-state index < -0.39 is 0 Å². The van der Waals surface area contributed by atoms with Crippen LogP contribution in [0.3, 0.4) is 0 Å². The van der Waals surface area contributed by atoms with E-state index in [-0.39, 0.29) is 35.3 Å². The molecule has 1 aromatic carbocycles. The third kappa shape index (κ3) is 7.25. The Morgan fingerprint density at radius 3 is 2.72 bits per heavy atom. The van der Waals surface area contributed by atoms with Crippen LogP contribution in [0.4, 0.5) is 10.2 Å². The fraction of sp³-hybridized carbons (Fsp3) is 0.440. The summed E-state index contributed by atoms with van der Waals surface area (Å²) in [7, 11) is 0. The van der Waals surface area contributed by atoms with E-state index in [4.69, 9.17) is 5.73 Å². The second kappa shape index (κ2) is 12.7. The molecule has 32 heavy (non-hydrogen) atoms. The van der Waals surface area contributed by atoms with E-state index in [1.54, 1.807) is 31.3 Å². The molecule has 2 N–H and O–H groups in total. The zero-order valence-electron chi connectivity index (χ0n) is 18.8. The molecule has 1 amide bonds. The van der Waals surface area contributed by atoms with Gasteiger partial charge in [-0.2, -0.15) is 0 Å². The summed E-state index contributed by atoms with van der Waals surface area (Å²) in [6, 6.07) is 9.78. The third-order valence-corrected chi connectivity index (χ3v) is 5.66. The Labute approximate surface area is 189 Å². The van der Waals surface area contributed by atoms with Crippen molar-refractivity contribution in [3.05, 3.63) is 59.5 Å². The first-order chi connectivity index (χ1) is 15.4. The topological polar surface area (TPSA) is 93.4 Å². The number of halogens is 1. The van der Waals surface area contributed by atoms with E-state index >= 15 is 0 Å². The Hall–Kier alpha value is -3.09. The van der Waals surface area contributed by atoms with Crippen LogP contribution in [0.5, 0.6) is 0 Å². The Bertz CT molecular complexity index is 919. The molecule has 1 saturated heterocycles. The zero-order chi connectivity index (χ0) is 23.5. The largest absolute Gasteiger partial charge is 0.383 e. The van der Waals surface area contributed by atoms with Gasteiger partial charge in [0, 0.05) is 25.1 Å². The number of nitrogen functional groups attached to an aromatic ring is 1. The molecule has 0 spiro atoms. The number of carbonyl (C=O) groups excluding carboxylic acids is 3. The summed E-state index contributed by atoms with van der Waals surface area (Å²) >= 11 is 0. The Morgan fingerprint density at radius 1 is 1.34 bits per heavy atom. The van der Waals surface area contributed by atoms with Crippen molar-refractivity contribution >= 4 is 23.8 Å². The number of likely N-dealkylation sites (tertiary alicyclic amines) is 1. The van der Waals surface area contributed by atoms with E-state index in [9.17, 15) is 18.8 Å². The summed E-state index contributed by atoms with van der Waals surface area (Å²) in [4.78, 5) is 39.6. The third-order valence-electron chi connectivity index (χ3n) is 5.66. The van der Waals surface area contributed by atoms with Crippen molar-refractivity contribution in [1.82, 2.24) is 9.88 Å². The number of anilines is 1. The van der Waals surface area contributed by atoms with E-state index in [1.165, 1.54) is 12.1 Å². The molecule has 1 aromatic heterocycles. The highest BCUT2D eigenvalue weighted by atomic mass is 19.1. The normalized spacial score (nSPS) is 16.7. The minimum atomic E-state index is -0.261. The lowest BCUT2D eigenvalue weighted by molar-refractivity contribution is -0.141. The van der Waals surface area contributed by atoms with Crippen molar-refractivity contribution in [1.29, 1.82) is 0 Å². The average molecular weight is 442 g/mol. The van der Waals surface area contributed by atoms with Crippen LogP contribution in [0.15, 0.2) is 42.6 Å². The molecule has 1 aliphatic rings. The smallest absolute Gasteiger partial charge is 0.226 e. The van der Waals surface area contributed by atoms with E-state index in [0.29, 0.717) is 18.3 Å². The van der Waals surface area contributed by atoms with Gasteiger partial charge in [-0.25, -0.2) is 9.37 Å². The Morgan fingerprint density at radius 2 is 2.12 bits per heavy atom. The molecule has 0 aliphatic carbocycles. The minimum absolute atomic E-state index is 0.00529.